The zero-order valence-electron chi connectivity index (χ0n) is 5.90. The molecule has 1 rings (SSSR count). The van der Waals surface area contributed by atoms with Crippen LogP contribution in [0.1, 0.15) is 0 Å². The van der Waals surface area contributed by atoms with Crippen molar-refractivity contribution in [1.82, 2.24) is 9.97 Å². The number of nitrogens with zero attached hydrogens (tertiary/aromatic N) is 3. The van der Waals surface area contributed by atoms with Gasteiger partial charge in [-0.25, -0.2) is 9.97 Å². The normalized spacial score (nSPS) is 9.33. The van der Waals surface area contributed by atoms with Crippen molar-refractivity contribution in [3.05, 3.63) is 17.5 Å². The molecule has 0 N–H and O–H groups in total. The van der Waals surface area contributed by atoms with Gasteiger partial charge in [-0.3, -0.25) is 0 Å². The maximum absolute atomic E-state index is 8.24. The van der Waals surface area contributed by atoms with Gasteiger partial charge in [-0.15, -0.1) is 0 Å². The summed E-state index contributed by atoms with van der Waals surface area (Å²) < 4.78 is 0. The van der Waals surface area contributed by atoms with Gasteiger partial charge in [0.15, 0.2) is 5.15 Å². The van der Waals surface area contributed by atoms with E-state index in [0.29, 0.717) is 15.3 Å². The molecule has 0 amide bonds. The maximum atomic E-state index is 8.24. The van der Waals surface area contributed by atoms with Crippen LogP contribution in [-0.2, 0) is 0 Å². The number of aromatic nitrogens is 2. The van der Waals surface area contributed by atoms with Crippen LogP contribution in [0.3, 0.4) is 0 Å². The molecule has 0 aliphatic carbocycles. The van der Waals surface area contributed by atoms with E-state index >= 15 is 0 Å². The fraction of sp³-hybridized carbons (Fsp3) is 0.167. The topological polar surface area (TPSA) is 49.6 Å². The van der Waals surface area contributed by atoms with Crippen molar-refractivity contribution in [3.63, 3.8) is 0 Å². The molecule has 0 aliphatic rings. The van der Waals surface area contributed by atoms with Crippen LogP contribution in [0.5, 0.6) is 0 Å². The summed E-state index contributed by atoms with van der Waals surface area (Å²) in [5.41, 5.74) is 0. The molecular weight excluding hydrogens is 214 g/mol. The van der Waals surface area contributed by atoms with Crippen LogP contribution in [0.4, 0.5) is 0 Å². The van der Waals surface area contributed by atoms with E-state index in [0.717, 1.165) is 11.8 Å². The smallest absolute Gasteiger partial charge is 0.161 e. The van der Waals surface area contributed by atoms with Gasteiger partial charge < -0.3 is 0 Å². The average Bonchev–Trinajstić information content (AvgIpc) is 2.09. The molecule has 62 valence electrons. The third-order valence-electron chi connectivity index (χ3n) is 0.942. The van der Waals surface area contributed by atoms with E-state index in [9.17, 15) is 0 Å². The quantitative estimate of drug-likeness (QED) is 0.337. The monoisotopic (exact) mass is 217 g/mol. The van der Waals surface area contributed by atoms with Crippen LogP contribution >= 0.6 is 35.1 Å². The molecular formula is C6H4ClN3S2. The van der Waals surface area contributed by atoms with Crippen LogP contribution in [0.25, 0.3) is 0 Å². The Hall–Kier alpha value is -0.440. The molecule has 3 nitrogen and oxygen atoms in total. The molecule has 1 heterocycles. The number of hydrogen-bond donors (Lipinski definition) is 0. The number of hydrogen-bond acceptors (Lipinski definition) is 5. The van der Waals surface area contributed by atoms with Crippen molar-refractivity contribution in [1.29, 1.82) is 5.26 Å². The lowest BCUT2D eigenvalue weighted by molar-refractivity contribution is 1.06. The third-order valence-corrected chi connectivity index (χ3v) is 2.97. The molecule has 12 heavy (non-hydrogen) atoms. The predicted octanol–water partition coefficient (Wildman–Crippen LogP) is 2.39. The first-order valence-corrected chi connectivity index (χ1v) is 5.29. The van der Waals surface area contributed by atoms with E-state index in [-0.39, 0.29) is 0 Å². The standard InChI is InChI=1S/C6H4ClN3S2/c7-5-6(10-2-1-9-5)12-4-11-3-8/h1-2H,4H2. The van der Waals surface area contributed by atoms with E-state index < -0.39 is 0 Å². The molecule has 0 fully saturated rings. The molecule has 0 aliphatic heterocycles. The minimum Gasteiger partial charge on any atom is -0.245 e. The van der Waals surface area contributed by atoms with Gasteiger partial charge in [0.05, 0.1) is 5.08 Å². The molecule has 1 aromatic rings. The minimum atomic E-state index is 0.390. The van der Waals surface area contributed by atoms with E-state index in [1.54, 1.807) is 6.20 Å². The molecule has 0 saturated carbocycles. The number of nitriles is 1. The predicted molar refractivity (Wildman–Crippen MR) is 51.0 cm³/mol. The maximum Gasteiger partial charge on any atom is 0.161 e. The Morgan fingerprint density at radius 2 is 2.25 bits per heavy atom. The minimum absolute atomic E-state index is 0.390. The summed E-state index contributed by atoms with van der Waals surface area (Å²) in [6, 6.07) is 0. The number of halogens is 1. The highest BCUT2D eigenvalue weighted by molar-refractivity contribution is 8.18. The van der Waals surface area contributed by atoms with Crippen molar-refractivity contribution in [2.45, 2.75) is 5.03 Å². The first kappa shape index (κ1) is 9.65. The second-order valence-corrected chi connectivity index (χ2v) is 4.10. The van der Waals surface area contributed by atoms with Gasteiger partial charge in [-0.1, -0.05) is 23.4 Å². The summed E-state index contributed by atoms with van der Waals surface area (Å²) in [5, 5.41) is 11.9. The summed E-state index contributed by atoms with van der Waals surface area (Å²) in [4.78, 5) is 7.84. The summed E-state index contributed by atoms with van der Waals surface area (Å²) >= 11 is 8.28. The van der Waals surface area contributed by atoms with Gasteiger partial charge in [0, 0.05) is 12.4 Å². The number of thiocyanates is 1. The lowest BCUT2D eigenvalue weighted by atomic mass is 10.8. The highest BCUT2D eigenvalue weighted by Crippen LogP contribution is 2.24. The Labute approximate surface area is 83.5 Å². The van der Waals surface area contributed by atoms with Crippen molar-refractivity contribution in [3.8, 4) is 5.40 Å². The summed E-state index contributed by atoms with van der Waals surface area (Å²) in [6.45, 7) is 0. The zero-order valence-corrected chi connectivity index (χ0v) is 8.29. The Bertz CT molecular complexity index is 299. The summed E-state index contributed by atoms with van der Waals surface area (Å²) in [6.07, 6.45) is 3.11. The number of rotatable bonds is 3. The second kappa shape index (κ2) is 5.25. The van der Waals surface area contributed by atoms with E-state index in [4.69, 9.17) is 16.9 Å². The van der Waals surface area contributed by atoms with E-state index in [1.165, 1.54) is 18.0 Å². The molecule has 0 atom stereocenters. The fourth-order valence-corrected chi connectivity index (χ4v) is 1.99. The Balaban J connectivity index is 2.53. The van der Waals surface area contributed by atoms with Crippen LogP contribution in [0.15, 0.2) is 17.4 Å². The molecule has 0 bridgehead atoms. The first-order chi connectivity index (χ1) is 5.84. The highest BCUT2D eigenvalue weighted by Gasteiger charge is 2.01. The van der Waals surface area contributed by atoms with Gasteiger partial charge >= 0.3 is 0 Å². The van der Waals surface area contributed by atoms with E-state index in [1.807, 2.05) is 5.40 Å². The molecule has 0 unspecified atom stereocenters. The second-order valence-electron chi connectivity index (χ2n) is 1.65. The van der Waals surface area contributed by atoms with Crippen LogP contribution in [0, 0.1) is 10.7 Å². The molecule has 0 aromatic carbocycles. The Morgan fingerprint density at radius 3 is 2.92 bits per heavy atom. The SMILES string of the molecule is N#CSCSc1nccnc1Cl. The van der Waals surface area contributed by atoms with Crippen molar-refractivity contribution >= 4 is 35.1 Å². The summed E-state index contributed by atoms with van der Waals surface area (Å²) in [5.74, 6) is 0. The van der Waals surface area contributed by atoms with Crippen LogP contribution in [0.2, 0.25) is 5.15 Å². The zero-order chi connectivity index (χ0) is 8.81. The van der Waals surface area contributed by atoms with E-state index in [2.05, 4.69) is 9.97 Å². The van der Waals surface area contributed by atoms with Crippen molar-refractivity contribution < 1.29 is 0 Å². The van der Waals surface area contributed by atoms with Gasteiger partial charge in [-0.05, 0) is 11.8 Å². The first-order valence-electron chi connectivity index (χ1n) is 2.95. The van der Waals surface area contributed by atoms with Crippen molar-refractivity contribution in [2.24, 2.45) is 0 Å². The van der Waals surface area contributed by atoms with Gasteiger partial charge in [0.2, 0.25) is 0 Å². The lowest BCUT2D eigenvalue weighted by Gasteiger charge is -1.97. The van der Waals surface area contributed by atoms with Gasteiger partial charge in [0.1, 0.15) is 10.4 Å². The molecule has 6 heteroatoms. The molecule has 0 saturated heterocycles. The summed E-state index contributed by atoms with van der Waals surface area (Å²) in [7, 11) is 0. The van der Waals surface area contributed by atoms with Crippen molar-refractivity contribution in [2.75, 3.05) is 5.08 Å². The number of thioether (sulfide) groups is 2. The van der Waals surface area contributed by atoms with Gasteiger partial charge in [-0.2, -0.15) is 5.26 Å². The Morgan fingerprint density at radius 1 is 1.50 bits per heavy atom. The third kappa shape index (κ3) is 2.89. The fourth-order valence-electron chi connectivity index (χ4n) is 0.517. The molecule has 1 aromatic heterocycles. The lowest BCUT2D eigenvalue weighted by Crippen LogP contribution is -1.83. The highest BCUT2D eigenvalue weighted by atomic mass is 35.5. The van der Waals surface area contributed by atoms with Gasteiger partial charge in [0.25, 0.3) is 0 Å². The largest absolute Gasteiger partial charge is 0.245 e. The molecule has 0 spiro atoms. The van der Waals surface area contributed by atoms with Crippen LogP contribution < -0.4 is 0 Å². The molecule has 0 radical (unpaired) electrons. The Kier molecular flexibility index (Phi) is 4.22. The average molecular weight is 218 g/mol. The van der Waals surface area contributed by atoms with Crippen LogP contribution in [-0.4, -0.2) is 15.1 Å².